The van der Waals surface area contributed by atoms with Gasteiger partial charge < -0.3 is 20.3 Å². The molecule has 0 bridgehead atoms. The van der Waals surface area contributed by atoms with Crippen molar-refractivity contribution >= 4 is 17.7 Å². The summed E-state index contributed by atoms with van der Waals surface area (Å²) in [4.78, 5) is 19.0. The molecule has 23 heavy (non-hydrogen) atoms. The molecule has 2 aromatic rings. The molecule has 2 rings (SSSR count). The predicted molar refractivity (Wildman–Crippen MR) is 82.6 cm³/mol. The number of alkyl carbamates (subject to hydrolysis) is 1. The molecule has 0 spiro atoms. The van der Waals surface area contributed by atoms with Crippen LogP contribution in [0.1, 0.15) is 17.2 Å². The molecule has 1 aromatic heterocycles. The highest BCUT2D eigenvalue weighted by molar-refractivity contribution is 6.28. The summed E-state index contributed by atoms with van der Waals surface area (Å²) in [6.45, 7) is -0.0617. The summed E-state index contributed by atoms with van der Waals surface area (Å²) < 4.78 is 4.99. The third-order valence-electron chi connectivity index (χ3n) is 3.01. The van der Waals surface area contributed by atoms with Crippen LogP contribution >= 0.6 is 11.6 Å². The van der Waals surface area contributed by atoms with Crippen LogP contribution in [-0.4, -0.2) is 38.9 Å². The zero-order chi connectivity index (χ0) is 16.7. The highest BCUT2D eigenvalue weighted by Crippen LogP contribution is 2.15. The largest absolute Gasteiger partial charge is 0.445 e. The van der Waals surface area contributed by atoms with E-state index in [2.05, 4.69) is 15.3 Å². The van der Waals surface area contributed by atoms with Gasteiger partial charge in [0.2, 0.25) is 5.28 Å². The fraction of sp³-hybridized carbons (Fsp3) is 0.267. The molecule has 3 N–H and O–H groups in total. The second-order valence-electron chi connectivity index (χ2n) is 4.74. The Balaban J connectivity index is 1.75. The van der Waals surface area contributed by atoms with E-state index in [1.165, 1.54) is 12.4 Å². The first kappa shape index (κ1) is 17.1. The number of halogens is 1. The first-order chi connectivity index (χ1) is 11.1. The zero-order valence-electron chi connectivity index (χ0n) is 12.1. The Morgan fingerprint density at radius 2 is 1.87 bits per heavy atom. The van der Waals surface area contributed by atoms with Crippen LogP contribution in [0.15, 0.2) is 42.7 Å². The van der Waals surface area contributed by atoms with Crippen molar-refractivity contribution in [3.8, 4) is 0 Å². The van der Waals surface area contributed by atoms with Gasteiger partial charge in [0, 0.05) is 24.5 Å². The van der Waals surface area contributed by atoms with Gasteiger partial charge in [0.05, 0.1) is 0 Å². The molecular weight excluding hydrogens is 322 g/mol. The van der Waals surface area contributed by atoms with Crippen LogP contribution in [0, 0.1) is 0 Å². The Bertz CT molecular complexity index is 624. The summed E-state index contributed by atoms with van der Waals surface area (Å²) in [7, 11) is 0. The van der Waals surface area contributed by atoms with E-state index in [9.17, 15) is 15.0 Å². The van der Waals surface area contributed by atoms with Gasteiger partial charge in [0.1, 0.15) is 18.8 Å². The molecule has 1 heterocycles. The standard InChI is InChI=1S/C15H16ClN3O4/c16-14-17-6-11(7-18-14)13(21)12(20)8-19-15(22)23-9-10-4-2-1-3-5-10/h1-7,12-13,20-21H,8-9H2,(H,19,22). The minimum absolute atomic E-state index is 0.0399. The molecule has 0 fully saturated rings. The number of amides is 1. The van der Waals surface area contributed by atoms with Gasteiger partial charge in [-0.05, 0) is 17.2 Å². The molecule has 0 aliphatic carbocycles. The van der Waals surface area contributed by atoms with Crippen LogP contribution in [0.2, 0.25) is 5.28 Å². The molecule has 1 amide bonds. The molecule has 0 saturated heterocycles. The number of aliphatic hydroxyl groups is 2. The Hall–Kier alpha value is -2.22. The molecular formula is C15H16ClN3O4. The van der Waals surface area contributed by atoms with Gasteiger partial charge in [-0.3, -0.25) is 0 Å². The van der Waals surface area contributed by atoms with Crippen LogP contribution in [0.4, 0.5) is 4.79 Å². The van der Waals surface area contributed by atoms with E-state index in [1.807, 2.05) is 30.3 Å². The minimum atomic E-state index is -1.25. The van der Waals surface area contributed by atoms with Gasteiger partial charge in [-0.2, -0.15) is 0 Å². The summed E-state index contributed by atoms with van der Waals surface area (Å²) in [5.74, 6) is 0. The van der Waals surface area contributed by atoms with Gasteiger partial charge >= 0.3 is 6.09 Å². The number of aromatic nitrogens is 2. The monoisotopic (exact) mass is 337 g/mol. The maximum absolute atomic E-state index is 11.6. The van der Waals surface area contributed by atoms with E-state index in [4.69, 9.17) is 16.3 Å². The Morgan fingerprint density at radius 1 is 1.22 bits per heavy atom. The first-order valence-corrected chi connectivity index (χ1v) is 7.22. The summed E-state index contributed by atoms with van der Waals surface area (Å²) in [5, 5.41) is 22.2. The average molecular weight is 338 g/mol. The molecule has 0 aliphatic rings. The lowest BCUT2D eigenvalue weighted by Crippen LogP contribution is -2.35. The van der Waals surface area contributed by atoms with Gasteiger partial charge in [-0.15, -0.1) is 0 Å². The number of aliphatic hydroxyl groups excluding tert-OH is 2. The number of rotatable bonds is 6. The van der Waals surface area contributed by atoms with Gasteiger partial charge in [0.25, 0.3) is 0 Å². The van der Waals surface area contributed by atoms with E-state index in [-0.39, 0.29) is 18.4 Å². The van der Waals surface area contributed by atoms with E-state index in [0.29, 0.717) is 5.56 Å². The molecule has 8 heteroatoms. The van der Waals surface area contributed by atoms with Crippen LogP contribution in [-0.2, 0) is 11.3 Å². The van der Waals surface area contributed by atoms with Crippen molar-refractivity contribution in [1.29, 1.82) is 0 Å². The smallest absolute Gasteiger partial charge is 0.407 e. The summed E-state index contributed by atoms with van der Waals surface area (Å²) in [5.41, 5.74) is 1.14. The normalized spacial score (nSPS) is 13.2. The lowest BCUT2D eigenvalue weighted by atomic mass is 10.1. The van der Waals surface area contributed by atoms with Crippen LogP contribution in [0.5, 0.6) is 0 Å². The SMILES string of the molecule is O=C(NCC(O)C(O)c1cnc(Cl)nc1)OCc1ccccc1. The maximum atomic E-state index is 11.6. The highest BCUT2D eigenvalue weighted by atomic mass is 35.5. The Labute approximate surface area is 137 Å². The molecule has 7 nitrogen and oxygen atoms in total. The summed E-state index contributed by atoms with van der Waals surface area (Å²) >= 11 is 5.54. The van der Waals surface area contributed by atoms with Crippen molar-refractivity contribution in [2.45, 2.75) is 18.8 Å². The number of carbonyl (C=O) groups excluding carboxylic acids is 1. The lowest BCUT2D eigenvalue weighted by molar-refractivity contribution is 0.0180. The third kappa shape index (κ3) is 5.48. The van der Waals surface area contributed by atoms with Crippen LogP contribution < -0.4 is 5.32 Å². The third-order valence-corrected chi connectivity index (χ3v) is 3.21. The van der Waals surface area contributed by atoms with Crippen LogP contribution in [0.3, 0.4) is 0 Å². The molecule has 0 aliphatic heterocycles. The van der Waals surface area contributed by atoms with E-state index in [1.54, 1.807) is 0 Å². The summed E-state index contributed by atoms with van der Waals surface area (Å²) in [6, 6.07) is 9.19. The number of nitrogens with zero attached hydrogens (tertiary/aromatic N) is 2. The van der Waals surface area contributed by atoms with Crippen molar-refractivity contribution in [1.82, 2.24) is 15.3 Å². The predicted octanol–water partition coefficient (Wildman–Crippen LogP) is 1.45. The minimum Gasteiger partial charge on any atom is -0.445 e. The van der Waals surface area contributed by atoms with Crippen LogP contribution in [0.25, 0.3) is 0 Å². The lowest BCUT2D eigenvalue weighted by Gasteiger charge is -2.18. The van der Waals surface area contributed by atoms with Gasteiger partial charge in [-0.25, -0.2) is 14.8 Å². The number of ether oxygens (including phenoxy) is 1. The van der Waals surface area contributed by atoms with Crippen molar-refractivity contribution in [2.24, 2.45) is 0 Å². The second-order valence-corrected chi connectivity index (χ2v) is 5.08. The number of benzene rings is 1. The van der Waals surface area contributed by atoms with E-state index >= 15 is 0 Å². The van der Waals surface area contributed by atoms with Gasteiger partial charge in [-0.1, -0.05) is 30.3 Å². The van der Waals surface area contributed by atoms with Crippen molar-refractivity contribution in [3.63, 3.8) is 0 Å². The van der Waals surface area contributed by atoms with Crippen molar-refractivity contribution < 1.29 is 19.7 Å². The number of nitrogens with one attached hydrogen (secondary N) is 1. The average Bonchev–Trinajstić information content (AvgIpc) is 2.58. The highest BCUT2D eigenvalue weighted by Gasteiger charge is 2.20. The molecule has 1 aromatic carbocycles. The number of carbonyl (C=O) groups is 1. The number of hydrogen-bond donors (Lipinski definition) is 3. The van der Waals surface area contributed by atoms with Gasteiger partial charge in [0.15, 0.2) is 0 Å². The molecule has 0 saturated carbocycles. The maximum Gasteiger partial charge on any atom is 0.407 e. The number of hydrogen-bond acceptors (Lipinski definition) is 6. The summed E-state index contributed by atoms with van der Waals surface area (Å²) in [6.07, 6.45) is -0.563. The Kier molecular flexibility index (Phi) is 6.28. The molecule has 0 radical (unpaired) electrons. The topological polar surface area (TPSA) is 105 Å². The molecule has 2 unspecified atom stereocenters. The zero-order valence-corrected chi connectivity index (χ0v) is 12.8. The first-order valence-electron chi connectivity index (χ1n) is 6.84. The second kappa shape index (κ2) is 8.42. The fourth-order valence-electron chi connectivity index (χ4n) is 1.77. The molecule has 2 atom stereocenters. The van der Waals surface area contributed by atoms with E-state index < -0.39 is 18.3 Å². The molecule has 122 valence electrons. The Morgan fingerprint density at radius 3 is 2.52 bits per heavy atom. The van der Waals surface area contributed by atoms with E-state index in [0.717, 1.165) is 5.56 Å². The van der Waals surface area contributed by atoms with Crippen molar-refractivity contribution in [2.75, 3.05) is 6.54 Å². The quantitative estimate of drug-likeness (QED) is 0.689. The van der Waals surface area contributed by atoms with Crippen molar-refractivity contribution in [3.05, 3.63) is 59.1 Å². The fourth-order valence-corrected chi connectivity index (χ4v) is 1.87.